The van der Waals surface area contributed by atoms with Crippen molar-refractivity contribution in [3.63, 3.8) is 0 Å². The van der Waals surface area contributed by atoms with E-state index in [2.05, 4.69) is 6.07 Å². The predicted molar refractivity (Wildman–Crippen MR) is 98.4 cm³/mol. The van der Waals surface area contributed by atoms with E-state index in [4.69, 9.17) is 14.2 Å². The normalized spacial score (nSPS) is 10.5. The zero-order valence-corrected chi connectivity index (χ0v) is 14.5. The number of benzene rings is 3. The molecule has 0 bridgehead atoms. The lowest BCUT2D eigenvalue weighted by atomic mass is 9.99. The van der Waals surface area contributed by atoms with Crippen molar-refractivity contribution < 1.29 is 19.0 Å². The summed E-state index contributed by atoms with van der Waals surface area (Å²) >= 11 is 0. The third-order valence-corrected chi connectivity index (χ3v) is 4.05. The van der Waals surface area contributed by atoms with E-state index in [9.17, 15) is 4.79 Å². The SMILES string of the molecule is CCC(=O)Oc1ccc2cc(-c3c(OC)cccc3OC)ccc2c1. The lowest BCUT2D eigenvalue weighted by molar-refractivity contribution is -0.134. The molecule has 0 radical (unpaired) electrons. The highest BCUT2D eigenvalue weighted by atomic mass is 16.5. The van der Waals surface area contributed by atoms with E-state index in [0.29, 0.717) is 12.2 Å². The molecule has 0 aliphatic heterocycles. The molecule has 4 nitrogen and oxygen atoms in total. The molecule has 0 aliphatic rings. The lowest BCUT2D eigenvalue weighted by Crippen LogP contribution is -2.05. The second-order valence-electron chi connectivity index (χ2n) is 5.59. The van der Waals surface area contributed by atoms with Gasteiger partial charge in [0.1, 0.15) is 17.2 Å². The van der Waals surface area contributed by atoms with Crippen LogP contribution in [0.4, 0.5) is 0 Å². The van der Waals surface area contributed by atoms with Crippen LogP contribution in [-0.4, -0.2) is 20.2 Å². The molecule has 128 valence electrons. The van der Waals surface area contributed by atoms with Crippen LogP contribution >= 0.6 is 0 Å². The number of rotatable bonds is 5. The second kappa shape index (κ2) is 7.26. The molecule has 0 aliphatic carbocycles. The van der Waals surface area contributed by atoms with Crippen molar-refractivity contribution in [2.75, 3.05) is 14.2 Å². The first kappa shape index (κ1) is 16.8. The fourth-order valence-electron chi connectivity index (χ4n) is 2.78. The highest BCUT2D eigenvalue weighted by Gasteiger charge is 2.13. The van der Waals surface area contributed by atoms with Crippen molar-refractivity contribution in [1.29, 1.82) is 0 Å². The maximum Gasteiger partial charge on any atom is 0.310 e. The van der Waals surface area contributed by atoms with E-state index >= 15 is 0 Å². The highest BCUT2D eigenvalue weighted by molar-refractivity contribution is 5.91. The van der Waals surface area contributed by atoms with Gasteiger partial charge in [-0.1, -0.05) is 31.2 Å². The maximum atomic E-state index is 11.4. The van der Waals surface area contributed by atoms with E-state index < -0.39 is 0 Å². The molecule has 4 heteroatoms. The topological polar surface area (TPSA) is 44.8 Å². The molecule has 0 atom stereocenters. The summed E-state index contributed by atoms with van der Waals surface area (Å²) in [5.41, 5.74) is 1.91. The Hall–Kier alpha value is -3.01. The molecule has 0 N–H and O–H groups in total. The zero-order valence-electron chi connectivity index (χ0n) is 14.5. The Balaban J connectivity index is 2.05. The van der Waals surface area contributed by atoms with Crippen LogP contribution in [0.1, 0.15) is 13.3 Å². The van der Waals surface area contributed by atoms with Crippen molar-refractivity contribution >= 4 is 16.7 Å². The van der Waals surface area contributed by atoms with Crippen LogP contribution in [0, 0.1) is 0 Å². The van der Waals surface area contributed by atoms with Gasteiger partial charge in [0.25, 0.3) is 0 Å². The third kappa shape index (κ3) is 3.43. The van der Waals surface area contributed by atoms with Crippen LogP contribution in [0.25, 0.3) is 21.9 Å². The number of fused-ring (bicyclic) bond motifs is 1. The van der Waals surface area contributed by atoms with Crippen LogP contribution in [0.3, 0.4) is 0 Å². The van der Waals surface area contributed by atoms with Gasteiger partial charge >= 0.3 is 5.97 Å². The molecule has 3 aromatic carbocycles. The number of esters is 1. The smallest absolute Gasteiger partial charge is 0.310 e. The minimum absolute atomic E-state index is 0.241. The van der Waals surface area contributed by atoms with Crippen molar-refractivity contribution in [3.05, 3.63) is 54.6 Å². The molecule has 0 spiro atoms. The van der Waals surface area contributed by atoms with Crippen molar-refractivity contribution in [2.45, 2.75) is 13.3 Å². The summed E-state index contributed by atoms with van der Waals surface area (Å²) in [5.74, 6) is 1.83. The summed E-state index contributed by atoms with van der Waals surface area (Å²) in [6.07, 6.45) is 0.352. The van der Waals surface area contributed by atoms with Crippen molar-refractivity contribution in [1.82, 2.24) is 0 Å². The van der Waals surface area contributed by atoms with Gasteiger partial charge in [0.05, 0.1) is 19.8 Å². The Morgan fingerprint density at radius 3 is 2.16 bits per heavy atom. The molecule has 0 heterocycles. The van der Waals surface area contributed by atoms with Crippen LogP contribution < -0.4 is 14.2 Å². The summed E-state index contributed by atoms with van der Waals surface area (Å²) in [6.45, 7) is 1.77. The van der Waals surface area contributed by atoms with Gasteiger partial charge in [-0.15, -0.1) is 0 Å². The molecule has 0 unspecified atom stereocenters. The summed E-state index contributed by atoms with van der Waals surface area (Å²) in [5, 5.41) is 2.04. The van der Waals surface area contributed by atoms with Crippen molar-refractivity contribution in [3.8, 4) is 28.4 Å². The van der Waals surface area contributed by atoms with Crippen LogP contribution in [0.15, 0.2) is 54.6 Å². The van der Waals surface area contributed by atoms with Gasteiger partial charge < -0.3 is 14.2 Å². The largest absolute Gasteiger partial charge is 0.496 e. The van der Waals surface area contributed by atoms with Gasteiger partial charge in [-0.05, 0) is 46.7 Å². The Morgan fingerprint density at radius 1 is 0.880 bits per heavy atom. The van der Waals surface area contributed by atoms with E-state index in [1.54, 1.807) is 27.2 Å². The van der Waals surface area contributed by atoms with Crippen LogP contribution in [0.5, 0.6) is 17.2 Å². The van der Waals surface area contributed by atoms with Crippen LogP contribution in [0.2, 0.25) is 0 Å². The van der Waals surface area contributed by atoms with Crippen molar-refractivity contribution in [2.24, 2.45) is 0 Å². The standard InChI is InChI=1S/C21H20O4/c1-4-20(22)25-17-11-10-14-12-16(9-8-15(14)13-17)21-18(23-2)6-5-7-19(21)24-3/h5-13H,4H2,1-3H3. The van der Waals surface area contributed by atoms with Gasteiger partial charge in [-0.3, -0.25) is 4.79 Å². The molecule has 0 aromatic heterocycles. The maximum absolute atomic E-state index is 11.4. The Labute approximate surface area is 146 Å². The first-order chi connectivity index (χ1) is 12.2. The fourth-order valence-corrected chi connectivity index (χ4v) is 2.78. The van der Waals surface area contributed by atoms with Gasteiger partial charge in [-0.25, -0.2) is 0 Å². The molecule has 0 amide bonds. The van der Waals surface area contributed by atoms with Gasteiger partial charge in [0.2, 0.25) is 0 Å². The van der Waals surface area contributed by atoms with E-state index in [1.165, 1.54) is 0 Å². The Kier molecular flexibility index (Phi) is 4.89. The molecular formula is C21H20O4. The molecular weight excluding hydrogens is 316 g/mol. The van der Waals surface area contributed by atoms with E-state index in [1.807, 2.05) is 42.5 Å². The second-order valence-corrected chi connectivity index (χ2v) is 5.59. The summed E-state index contributed by atoms with van der Waals surface area (Å²) in [4.78, 5) is 11.4. The number of ether oxygens (including phenoxy) is 3. The minimum Gasteiger partial charge on any atom is -0.496 e. The van der Waals surface area contributed by atoms with E-state index in [-0.39, 0.29) is 5.97 Å². The third-order valence-electron chi connectivity index (χ3n) is 4.05. The highest BCUT2D eigenvalue weighted by Crippen LogP contribution is 2.39. The molecule has 25 heavy (non-hydrogen) atoms. The number of carbonyl (C=O) groups is 1. The monoisotopic (exact) mass is 336 g/mol. The number of hydrogen-bond acceptors (Lipinski definition) is 4. The summed E-state index contributed by atoms with van der Waals surface area (Å²) < 4.78 is 16.3. The zero-order chi connectivity index (χ0) is 17.8. The summed E-state index contributed by atoms with van der Waals surface area (Å²) in [6, 6.07) is 17.4. The lowest BCUT2D eigenvalue weighted by Gasteiger charge is -2.14. The van der Waals surface area contributed by atoms with E-state index in [0.717, 1.165) is 33.4 Å². The number of hydrogen-bond donors (Lipinski definition) is 0. The van der Waals surface area contributed by atoms with Gasteiger partial charge in [0.15, 0.2) is 0 Å². The minimum atomic E-state index is -0.241. The quantitative estimate of drug-likeness (QED) is 0.494. The molecule has 3 aromatic rings. The average Bonchev–Trinajstić information content (AvgIpc) is 2.66. The van der Waals surface area contributed by atoms with Gasteiger partial charge in [-0.2, -0.15) is 0 Å². The first-order valence-electron chi connectivity index (χ1n) is 8.12. The Bertz CT molecular complexity index is 893. The molecule has 0 saturated carbocycles. The number of carbonyl (C=O) groups excluding carboxylic acids is 1. The average molecular weight is 336 g/mol. The molecule has 0 fully saturated rings. The fraction of sp³-hybridized carbons (Fsp3) is 0.190. The number of methoxy groups -OCH3 is 2. The summed E-state index contributed by atoms with van der Waals surface area (Å²) in [7, 11) is 3.29. The Morgan fingerprint density at radius 2 is 1.52 bits per heavy atom. The molecule has 3 rings (SSSR count). The predicted octanol–water partition coefficient (Wildman–Crippen LogP) is 4.84. The molecule has 0 saturated heterocycles. The first-order valence-corrected chi connectivity index (χ1v) is 8.12. The van der Waals surface area contributed by atoms with Gasteiger partial charge in [0, 0.05) is 6.42 Å². The van der Waals surface area contributed by atoms with Crippen LogP contribution in [-0.2, 0) is 4.79 Å².